The molecule has 0 radical (unpaired) electrons. The second kappa shape index (κ2) is 4.26. The van der Waals surface area contributed by atoms with E-state index in [2.05, 4.69) is 24.4 Å². The zero-order chi connectivity index (χ0) is 11.7. The molecule has 3 heteroatoms. The minimum Gasteiger partial charge on any atom is -0.326 e. The maximum Gasteiger partial charge on any atom is 0.232 e. The molecule has 1 aromatic rings. The average Bonchev–Trinajstić information content (AvgIpc) is 2.62. The second-order valence-electron chi connectivity index (χ2n) is 4.23. The Morgan fingerprint density at radius 1 is 1.38 bits per heavy atom. The molecule has 0 bridgehead atoms. The first-order valence-corrected chi connectivity index (χ1v) is 5.87. The van der Waals surface area contributed by atoms with Gasteiger partial charge < -0.3 is 11.1 Å². The van der Waals surface area contributed by atoms with Gasteiger partial charge in [-0.2, -0.15) is 0 Å². The van der Waals surface area contributed by atoms with E-state index in [1.54, 1.807) is 0 Å². The Balaban J connectivity index is 2.55. The fraction of sp³-hybridized carbons (Fsp3) is 0.462. The van der Waals surface area contributed by atoms with Crippen molar-refractivity contribution in [2.75, 3.05) is 5.32 Å². The molecule has 16 heavy (non-hydrogen) atoms. The molecule has 86 valence electrons. The molecule has 1 atom stereocenters. The Morgan fingerprint density at radius 3 is 2.69 bits per heavy atom. The molecule has 1 unspecified atom stereocenters. The molecule has 0 aromatic heterocycles. The van der Waals surface area contributed by atoms with E-state index in [-0.39, 0.29) is 11.8 Å². The third-order valence-corrected chi connectivity index (χ3v) is 3.28. The first-order chi connectivity index (χ1) is 7.71. The molecule has 1 aromatic carbocycles. The van der Waals surface area contributed by atoms with Crippen molar-refractivity contribution in [1.82, 2.24) is 0 Å². The fourth-order valence-electron chi connectivity index (χ4n) is 2.38. The van der Waals surface area contributed by atoms with E-state index >= 15 is 0 Å². The van der Waals surface area contributed by atoms with Crippen molar-refractivity contribution in [1.29, 1.82) is 0 Å². The average molecular weight is 218 g/mol. The first-order valence-electron chi connectivity index (χ1n) is 5.87. The predicted octanol–water partition coefficient (Wildman–Crippen LogP) is 2.15. The van der Waals surface area contributed by atoms with E-state index < -0.39 is 0 Å². The highest BCUT2D eigenvalue weighted by Gasteiger charge is 2.30. The number of fused-ring (bicyclic) bond motifs is 1. The largest absolute Gasteiger partial charge is 0.326 e. The van der Waals surface area contributed by atoms with E-state index in [0.29, 0.717) is 6.54 Å². The molecule has 3 N–H and O–H groups in total. The van der Waals surface area contributed by atoms with E-state index in [0.717, 1.165) is 29.7 Å². The highest BCUT2D eigenvalue weighted by molar-refractivity contribution is 6.03. The van der Waals surface area contributed by atoms with Crippen LogP contribution in [0.25, 0.3) is 0 Å². The molecule has 3 nitrogen and oxygen atoms in total. The Kier molecular flexibility index (Phi) is 2.97. The number of hydrogen-bond acceptors (Lipinski definition) is 2. The maximum absolute atomic E-state index is 11.8. The third kappa shape index (κ3) is 1.61. The number of anilines is 1. The summed E-state index contributed by atoms with van der Waals surface area (Å²) in [6.07, 6.45) is 1.77. The Morgan fingerprint density at radius 2 is 2.12 bits per heavy atom. The van der Waals surface area contributed by atoms with Gasteiger partial charge in [-0.25, -0.2) is 0 Å². The molecular weight excluding hydrogens is 200 g/mol. The summed E-state index contributed by atoms with van der Waals surface area (Å²) in [5, 5.41) is 2.99. The zero-order valence-electron chi connectivity index (χ0n) is 9.84. The van der Waals surface area contributed by atoms with Crippen molar-refractivity contribution in [3.8, 4) is 0 Å². The Labute approximate surface area is 96.0 Å². The lowest BCUT2D eigenvalue weighted by atomic mass is 9.93. The van der Waals surface area contributed by atoms with E-state index in [4.69, 9.17) is 5.73 Å². The van der Waals surface area contributed by atoms with Crippen molar-refractivity contribution in [2.24, 2.45) is 5.73 Å². The summed E-state index contributed by atoms with van der Waals surface area (Å²) < 4.78 is 0. The topological polar surface area (TPSA) is 55.1 Å². The summed E-state index contributed by atoms with van der Waals surface area (Å²) in [5.41, 5.74) is 10.2. The van der Waals surface area contributed by atoms with Crippen LogP contribution in [-0.4, -0.2) is 5.91 Å². The lowest BCUT2D eigenvalue weighted by molar-refractivity contribution is -0.117. The van der Waals surface area contributed by atoms with Crippen LogP contribution in [0.2, 0.25) is 0 Å². The molecule has 1 aliphatic rings. The number of nitrogens with one attached hydrogen (secondary N) is 1. The highest BCUT2D eigenvalue weighted by atomic mass is 16.2. The molecular formula is C13H18N2O. The lowest BCUT2D eigenvalue weighted by Gasteiger charge is -2.10. The fourth-order valence-corrected chi connectivity index (χ4v) is 2.38. The standard InChI is InChI=1S/C13H18N2O/c1-3-9-5-8(7-14)6-11-10(4-2)13(16)15-12(9)11/h5-6,10H,3-4,7,14H2,1-2H3,(H,15,16). The van der Waals surface area contributed by atoms with E-state index in [1.807, 2.05) is 6.92 Å². The third-order valence-electron chi connectivity index (χ3n) is 3.28. The van der Waals surface area contributed by atoms with Gasteiger partial charge >= 0.3 is 0 Å². The summed E-state index contributed by atoms with van der Waals surface area (Å²) in [6, 6.07) is 4.16. The van der Waals surface area contributed by atoms with Crippen LogP contribution >= 0.6 is 0 Å². The SMILES string of the molecule is CCc1cc(CN)cc2c1NC(=O)C2CC. The van der Waals surface area contributed by atoms with Gasteiger partial charge in [-0.05, 0) is 29.5 Å². The van der Waals surface area contributed by atoms with Gasteiger partial charge in [0.15, 0.2) is 0 Å². The van der Waals surface area contributed by atoms with Gasteiger partial charge in [0.05, 0.1) is 5.92 Å². The number of aryl methyl sites for hydroxylation is 1. The van der Waals surface area contributed by atoms with Gasteiger partial charge in [-0.15, -0.1) is 0 Å². The molecule has 0 saturated heterocycles. The van der Waals surface area contributed by atoms with Crippen LogP contribution in [0.3, 0.4) is 0 Å². The van der Waals surface area contributed by atoms with Crippen LogP contribution in [-0.2, 0) is 17.8 Å². The predicted molar refractivity (Wildman–Crippen MR) is 65.4 cm³/mol. The van der Waals surface area contributed by atoms with Crippen LogP contribution in [0, 0.1) is 0 Å². The van der Waals surface area contributed by atoms with Crippen LogP contribution < -0.4 is 11.1 Å². The van der Waals surface area contributed by atoms with Gasteiger partial charge in [-0.1, -0.05) is 26.0 Å². The van der Waals surface area contributed by atoms with Crippen LogP contribution in [0.15, 0.2) is 12.1 Å². The van der Waals surface area contributed by atoms with Crippen molar-refractivity contribution in [3.05, 3.63) is 28.8 Å². The second-order valence-corrected chi connectivity index (χ2v) is 4.23. The normalized spacial score (nSPS) is 18.4. The van der Waals surface area contributed by atoms with E-state index in [1.165, 1.54) is 5.56 Å². The monoisotopic (exact) mass is 218 g/mol. The van der Waals surface area contributed by atoms with Gasteiger partial charge in [0, 0.05) is 12.2 Å². The number of rotatable bonds is 3. The number of benzene rings is 1. The van der Waals surface area contributed by atoms with Gasteiger partial charge in [0.2, 0.25) is 5.91 Å². The van der Waals surface area contributed by atoms with Gasteiger partial charge in [-0.3, -0.25) is 4.79 Å². The molecule has 2 rings (SSSR count). The molecule has 0 aliphatic carbocycles. The molecule has 1 amide bonds. The van der Waals surface area contributed by atoms with Crippen molar-refractivity contribution >= 4 is 11.6 Å². The number of hydrogen-bond donors (Lipinski definition) is 2. The summed E-state index contributed by atoms with van der Waals surface area (Å²) in [6.45, 7) is 4.67. The highest BCUT2D eigenvalue weighted by Crippen LogP contribution is 2.38. The van der Waals surface area contributed by atoms with Crippen molar-refractivity contribution < 1.29 is 4.79 Å². The molecule has 0 saturated carbocycles. The smallest absolute Gasteiger partial charge is 0.232 e. The quantitative estimate of drug-likeness (QED) is 0.816. The first kappa shape index (κ1) is 11.1. The number of carbonyl (C=O) groups is 1. The van der Waals surface area contributed by atoms with Gasteiger partial charge in [0.25, 0.3) is 0 Å². The van der Waals surface area contributed by atoms with Crippen molar-refractivity contribution in [3.63, 3.8) is 0 Å². The molecule has 0 fully saturated rings. The lowest BCUT2D eigenvalue weighted by Crippen LogP contribution is -2.10. The van der Waals surface area contributed by atoms with Crippen molar-refractivity contribution in [2.45, 2.75) is 39.2 Å². The molecule has 1 aliphatic heterocycles. The minimum absolute atomic E-state index is 0.00630. The summed E-state index contributed by atoms with van der Waals surface area (Å²) in [7, 11) is 0. The maximum atomic E-state index is 11.8. The molecule has 1 heterocycles. The van der Waals surface area contributed by atoms with Crippen LogP contribution in [0.5, 0.6) is 0 Å². The van der Waals surface area contributed by atoms with Crippen LogP contribution in [0.4, 0.5) is 5.69 Å². The number of nitrogens with two attached hydrogens (primary N) is 1. The van der Waals surface area contributed by atoms with Gasteiger partial charge in [0.1, 0.15) is 0 Å². The summed E-state index contributed by atoms with van der Waals surface area (Å²) >= 11 is 0. The number of carbonyl (C=O) groups excluding carboxylic acids is 1. The molecule has 0 spiro atoms. The van der Waals surface area contributed by atoms with Crippen LogP contribution in [0.1, 0.15) is 42.9 Å². The number of amides is 1. The zero-order valence-corrected chi connectivity index (χ0v) is 9.84. The minimum atomic E-state index is 0.00630. The summed E-state index contributed by atoms with van der Waals surface area (Å²) in [5.74, 6) is 0.133. The van der Waals surface area contributed by atoms with E-state index in [9.17, 15) is 4.79 Å². The Hall–Kier alpha value is -1.35. The Bertz CT molecular complexity index is 426. The summed E-state index contributed by atoms with van der Waals surface area (Å²) in [4.78, 5) is 11.8.